The molecule has 0 aromatic rings. The first-order chi connectivity index (χ1) is 7.69. The van der Waals surface area contributed by atoms with Crippen LogP contribution in [0.4, 0.5) is 0 Å². The summed E-state index contributed by atoms with van der Waals surface area (Å²) in [5, 5.41) is 0. The molecule has 0 aromatic heterocycles. The number of nitrogens with zero attached hydrogens (tertiary/aromatic N) is 1. The molecule has 1 fully saturated rings. The van der Waals surface area contributed by atoms with Crippen LogP contribution in [0.3, 0.4) is 0 Å². The highest BCUT2D eigenvalue weighted by Gasteiger charge is 2.30. The van der Waals surface area contributed by atoms with E-state index in [2.05, 4.69) is 0 Å². The molecule has 5 heteroatoms. The summed E-state index contributed by atoms with van der Waals surface area (Å²) in [6.45, 7) is 6.79. The van der Waals surface area contributed by atoms with Gasteiger partial charge < -0.3 is 15.4 Å². The van der Waals surface area contributed by atoms with Gasteiger partial charge in [-0.1, -0.05) is 0 Å². The van der Waals surface area contributed by atoms with Gasteiger partial charge in [0.2, 0.25) is 5.91 Å². The first-order valence-corrected chi connectivity index (χ1v) is 6.31. The Morgan fingerprint density at radius 2 is 2.12 bits per heavy atom. The van der Waals surface area contributed by atoms with E-state index in [0.717, 1.165) is 25.8 Å². The Morgan fingerprint density at radius 3 is 2.59 bits per heavy atom. The zero-order valence-electron chi connectivity index (χ0n) is 10.9. The standard InChI is InChI=1S/C12H24N2O2.ClH/c1-3-14(7-8-16-4-2)12(15)10-5-6-11(13)9-10;/h10-11H,3-9,13H2,1-2H3;1H. The molecule has 1 aliphatic carbocycles. The molecule has 1 saturated carbocycles. The number of nitrogens with two attached hydrogens (primary N) is 1. The summed E-state index contributed by atoms with van der Waals surface area (Å²) in [7, 11) is 0. The van der Waals surface area contributed by atoms with Gasteiger partial charge in [-0.3, -0.25) is 4.79 Å². The van der Waals surface area contributed by atoms with E-state index in [-0.39, 0.29) is 30.3 Å². The highest BCUT2D eigenvalue weighted by atomic mass is 35.5. The van der Waals surface area contributed by atoms with Crippen LogP contribution >= 0.6 is 12.4 Å². The molecule has 1 rings (SSSR count). The largest absolute Gasteiger partial charge is 0.380 e. The van der Waals surface area contributed by atoms with E-state index >= 15 is 0 Å². The van der Waals surface area contributed by atoms with Crippen molar-refractivity contribution in [1.82, 2.24) is 4.90 Å². The Hall–Kier alpha value is -0.320. The van der Waals surface area contributed by atoms with Crippen LogP contribution in [0.15, 0.2) is 0 Å². The molecule has 0 bridgehead atoms. The number of hydrogen-bond acceptors (Lipinski definition) is 3. The van der Waals surface area contributed by atoms with Gasteiger partial charge in [-0.15, -0.1) is 12.4 Å². The first kappa shape index (κ1) is 16.7. The lowest BCUT2D eigenvalue weighted by Crippen LogP contribution is -2.38. The molecule has 0 aromatic carbocycles. The molecule has 2 unspecified atom stereocenters. The van der Waals surface area contributed by atoms with Crippen LogP contribution in [-0.2, 0) is 9.53 Å². The van der Waals surface area contributed by atoms with Crippen molar-refractivity contribution < 1.29 is 9.53 Å². The minimum absolute atomic E-state index is 0. The number of carbonyl (C=O) groups is 1. The molecule has 0 spiro atoms. The predicted molar refractivity (Wildman–Crippen MR) is 71.3 cm³/mol. The monoisotopic (exact) mass is 264 g/mol. The SMILES string of the molecule is CCOCCN(CC)C(=O)C1CCC(N)C1.Cl. The summed E-state index contributed by atoms with van der Waals surface area (Å²) in [5.74, 6) is 0.409. The quantitative estimate of drug-likeness (QED) is 0.739. The molecule has 1 amide bonds. The smallest absolute Gasteiger partial charge is 0.225 e. The van der Waals surface area contributed by atoms with Crippen LogP contribution in [0, 0.1) is 5.92 Å². The fourth-order valence-electron chi connectivity index (χ4n) is 2.24. The molecule has 102 valence electrons. The number of ether oxygens (including phenoxy) is 1. The normalized spacial score (nSPS) is 23.2. The molecule has 0 radical (unpaired) electrons. The van der Waals surface area contributed by atoms with E-state index in [1.54, 1.807) is 0 Å². The average molecular weight is 265 g/mol. The molecule has 2 atom stereocenters. The van der Waals surface area contributed by atoms with E-state index < -0.39 is 0 Å². The second-order valence-electron chi connectivity index (χ2n) is 4.38. The van der Waals surface area contributed by atoms with Crippen LogP contribution in [0.25, 0.3) is 0 Å². The van der Waals surface area contributed by atoms with Crippen molar-refractivity contribution >= 4 is 18.3 Å². The van der Waals surface area contributed by atoms with E-state index in [1.165, 1.54) is 0 Å². The summed E-state index contributed by atoms with van der Waals surface area (Å²) in [6, 6.07) is 0.222. The van der Waals surface area contributed by atoms with Crippen LogP contribution in [0.1, 0.15) is 33.1 Å². The fourth-order valence-corrected chi connectivity index (χ4v) is 2.24. The fraction of sp³-hybridized carbons (Fsp3) is 0.917. The third kappa shape index (κ3) is 5.23. The maximum Gasteiger partial charge on any atom is 0.225 e. The number of carbonyl (C=O) groups excluding carboxylic acids is 1. The second-order valence-corrected chi connectivity index (χ2v) is 4.38. The Kier molecular flexibility index (Phi) is 8.56. The first-order valence-electron chi connectivity index (χ1n) is 6.31. The summed E-state index contributed by atoms with van der Waals surface area (Å²) in [5.41, 5.74) is 5.83. The minimum Gasteiger partial charge on any atom is -0.380 e. The zero-order chi connectivity index (χ0) is 12.0. The van der Waals surface area contributed by atoms with E-state index in [9.17, 15) is 4.79 Å². The number of halogens is 1. The van der Waals surface area contributed by atoms with Gasteiger partial charge in [-0.2, -0.15) is 0 Å². The van der Waals surface area contributed by atoms with Crippen molar-refractivity contribution in [2.24, 2.45) is 11.7 Å². The van der Waals surface area contributed by atoms with Crippen molar-refractivity contribution in [3.63, 3.8) is 0 Å². The lowest BCUT2D eigenvalue weighted by atomic mass is 10.1. The van der Waals surface area contributed by atoms with E-state index in [1.807, 2.05) is 18.7 Å². The Labute approximate surface area is 110 Å². The molecular weight excluding hydrogens is 240 g/mol. The van der Waals surface area contributed by atoms with Gasteiger partial charge in [0.1, 0.15) is 0 Å². The summed E-state index contributed by atoms with van der Waals surface area (Å²) >= 11 is 0. The lowest BCUT2D eigenvalue weighted by Gasteiger charge is -2.24. The topological polar surface area (TPSA) is 55.6 Å². The van der Waals surface area contributed by atoms with Gasteiger partial charge in [-0.25, -0.2) is 0 Å². The number of rotatable bonds is 6. The molecule has 0 aliphatic heterocycles. The van der Waals surface area contributed by atoms with Gasteiger partial charge in [0.05, 0.1) is 6.61 Å². The van der Waals surface area contributed by atoms with Crippen molar-refractivity contribution in [1.29, 1.82) is 0 Å². The average Bonchev–Trinajstić information content (AvgIpc) is 2.70. The molecule has 4 nitrogen and oxygen atoms in total. The van der Waals surface area contributed by atoms with Gasteiger partial charge in [0.25, 0.3) is 0 Å². The Balaban J connectivity index is 0.00000256. The van der Waals surface area contributed by atoms with Gasteiger partial charge in [0.15, 0.2) is 0 Å². The molecule has 2 N–H and O–H groups in total. The van der Waals surface area contributed by atoms with Crippen molar-refractivity contribution in [2.45, 2.75) is 39.2 Å². The van der Waals surface area contributed by atoms with Crippen molar-refractivity contribution in [3.05, 3.63) is 0 Å². The maximum atomic E-state index is 12.1. The van der Waals surface area contributed by atoms with Gasteiger partial charge >= 0.3 is 0 Å². The Morgan fingerprint density at radius 1 is 1.41 bits per heavy atom. The molecule has 0 saturated heterocycles. The molecular formula is C12H25ClN2O2. The van der Waals surface area contributed by atoms with Crippen LogP contribution in [0.5, 0.6) is 0 Å². The summed E-state index contributed by atoms with van der Waals surface area (Å²) in [6.07, 6.45) is 2.79. The predicted octanol–water partition coefficient (Wildman–Crippen LogP) is 1.42. The maximum absolute atomic E-state index is 12.1. The lowest BCUT2D eigenvalue weighted by molar-refractivity contribution is -0.135. The molecule has 0 heterocycles. The summed E-state index contributed by atoms with van der Waals surface area (Å²) < 4.78 is 5.28. The number of hydrogen-bond donors (Lipinski definition) is 1. The molecule has 1 aliphatic rings. The highest BCUT2D eigenvalue weighted by Crippen LogP contribution is 2.25. The second kappa shape index (κ2) is 8.72. The molecule has 17 heavy (non-hydrogen) atoms. The van der Waals surface area contributed by atoms with Gasteiger partial charge in [-0.05, 0) is 33.1 Å². The highest BCUT2D eigenvalue weighted by molar-refractivity contribution is 5.85. The number of likely N-dealkylation sites (N-methyl/N-ethyl adjacent to an activating group) is 1. The third-order valence-electron chi connectivity index (χ3n) is 3.23. The van der Waals surface area contributed by atoms with Crippen molar-refractivity contribution in [2.75, 3.05) is 26.3 Å². The summed E-state index contributed by atoms with van der Waals surface area (Å²) in [4.78, 5) is 14.0. The van der Waals surface area contributed by atoms with E-state index in [0.29, 0.717) is 19.8 Å². The van der Waals surface area contributed by atoms with Crippen molar-refractivity contribution in [3.8, 4) is 0 Å². The van der Waals surface area contributed by atoms with Crippen LogP contribution in [0.2, 0.25) is 0 Å². The van der Waals surface area contributed by atoms with E-state index in [4.69, 9.17) is 10.5 Å². The van der Waals surface area contributed by atoms with Gasteiger partial charge in [0, 0.05) is 31.7 Å². The number of amides is 1. The Bertz CT molecular complexity index is 227. The third-order valence-corrected chi connectivity index (χ3v) is 3.23. The minimum atomic E-state index is 0. The van der Waals surface area contributed by atoms with Crippen LogP contribution in [-0.4, -0.2) is 43.2 Å². The van der Waals surface area contributed by atoms with Crippen LogP contribution < -0.4 is 5.73 Å². The zero-order valence-corrected chi connectivity index (χ0v) is 11.7.